The zero-order chi connectivity index (χ0) is 15.2. The number of sulfonamides is 1. The van der Waals surface area contributed by atoms with E-state index in [9.17, 15) is 18.5 Å². The number of likely N-dealkylation sites (N-methyl/N-ethyl adjacent to an activating group) is 1. The molecule has 0 bridgehead atoms. The van der Waals surface area contributed by atoms with Gasteiger partial charge in [0.25, 0.3) is 5.69 Å². The van der Waals surface area contributed by atoms with Crippen LogP contribution in [0.3, 0.4) is 0 Å². The van der Waals surface area contributed by atoms with Gasteiger partial charge in [0.2, 0.25) is 10.0 Å². The summed E-state index contributed by atoms with van der Waals surface area (Å²) in [6.45, 7) is 1.16. The second-order valence-corrected chi connectivity index (χ2v) is 6.02. The highest BCUT2D eigenvalue weighted by Crippen LogP contribution is 2.18. The van der Waals surface area contributed by atoms with Crippen LogP contribution >= 0.6 is 0 Å². The van der Waals surface area contributed by atoms with Crippen molar-refractivity contribution in [2.45, 2.75) is 4.90 Å². The summed E-state index contributed by atoms with van der Waals surface area (Å²) >= 11 is 0. The number of nitro groups is 1. The molecule has 9 heteroatoms. The summed E-state index contributed by atoms with van der Waals surface area (Å²) in [6, 6.07) is 4.74. The van der Waals surface area contributed by atoms with E-state index in [1.165, 1.54) is 19.2 Å². The lowest BCUT2D eigenvalue weighted by Crippen LogP contribution is -2.30. The SMILES string of the molecule is CN(CCOCCN)S(=O)(=O)c1ccc([N+](=O)[O-])cc1. The van der Waals surface area contributed by atoms with Crippen LogP contribution in [0.2, 0.25) is 0 Å². The van der Waals surface area contributed by atoms with Crippen molar-refractivity contribution in [1.29, 1.82) is 0 Å². The van der Waals surface area contributed by atoms with Crippen LogP contribution in [0.25, 0.3) is 0 Å². The summed E-state index contributed by atoms with van der Waals surface area (Å²) in [5, 5.41) is 10.5. The van der Waals surface area contributed by atoms with Crippen LogP contribution in [0.4, 0.5) is 5.69 Å². The van der Waals surface area contributed by atoms with Crippen molar-refractivity contribution < 1.29 is 18.1 Å². The van der Waals surface area contributed by atoms with Gasteiger partial charge in [-0.15, -0.1) is 0 Å². The molecule has 112 valence electrons. The third kappa shape index (κ3) is 4.23. The molecule has 0 saturated heterocycles. The third-order valence-corrected chi connectivity index (χ3v) is 4.44. The van der Waals surface area contributed by atoms with Gasteiger partial charge in [-0.1, -0.05) is 0 Å². The van der Waals surface area contributed by atoms with Crippen LogP contribution in [-0.4, -0.2) is 51.0 Å². The van der Waals surface area contributed by atoms with Gasteiger partial charge in [-0.2, -0.15) is 4.31 Å². The van der Waals surface area contributed by atoms with Crippen LogP contribution in [0.15, 0.2) is 29.2 Å². The average Bonchev–Trinajstić information content (AvgIpc) is 2.43. The molecule has 0 atom stereocenters. The molecule has 1 rings (SSSR count). The molecule has 1 aromatic carbocycles. The van der Waals surface area contributed by atoms with Crippen LogP contribution in [-0.2, 0) is 14.8 Å². The summed E-state index contributed by atoms with van der Waals surface area (Å²) < 4.78 is 30.6. The van der Waals surface area contributed by atoms with Gasteiger partial charge in [0.1, 0.15) is 0 Å². The molecule has 8 nitrogen and oxygen atoms in total. The van der Waals surface area contributed by atoms with E-state index in [0.29, 0.717) is 13.2 Å². The van der Waals surface area contributed by atoms with E-state index in [1.54, 1.807) is 0 Å². The zero-order valence-electron chi connectivity index (χ0n) is 11.1. The van der Waals surface area contributed by atoms with E-state index in [1.807, 2.05) is 0 Å². The Morgan fingerprint density at radius 3 is 2.40 bits per heavy atom. The predicted octanol–water partition coefficient (Wildman–Crippen LogP) is 0.191. The summed E-state index contributed by atoms with van der Waals surface area (Å²) in [6.07, 6.45) is 0. The van der Waals surface area contributed by atoms with Crippen molar-refractivity contribution in [2.75, 3.05) is 33.4 Å². The van der Waals surface area contributed by atoms with Crippen molar-refractivity contribution in [1.82, 2.24) is 4.31 Å². The minimum Gasteiger partial charge on any atom is -0.379 e. The van der Waals surface area contributed by atoms with Gasteiger partial charge in [0, 0.05) is 32.3 Å². The summed E-state index contributed by atoms with van der Waals surface area (Å²) in [5.41, 5.74) is 5.09. The fraction of sp³-hybridized carbons (Fsp3) is 0.455. The quantitative estimate of drug-likeness (QED) is 0.416. The topological polar surface area (TPSA) is 116 Å². The Morgan fingerprint density at radius 2 is 1.90 bits per heavy atom. The average molecular weight is 303 g/mol. The van der Waals surface area contributed by atoms with Gasteiger partial charge in [-0.05, 0) is 12.1 Å². The normalized spacial score (nSPS) is 11.8. The predicted molar refractivity (Wildman–Crippen MR) is 72.8 cm³/mol. The Labute approximate surface area is 117 Å². The van der Waals surface area contributed by atoms with Gasteiger partial charge in [-0.25, -0.2) is 8.42 Å². The summed E-state index contributed by atoms with van der Waals surface area (Å²) in [4.78, 5) is 9.94. The maximum absolute atomic E-state index is 12.2. The fourth-order valence-corrected chi connectivity index (χ4v) is 2.57. The van der Waals surface area contributed by atoms with Gasteiger partial charge >= 0.3 is 0 Å². The smallest absolute Gasteiger partial charge is 0.269 e. The number of non-ortho nitro benzene ring substituents is 1. The Morgan fingerprint density at radius 1 is 1.30 bits per heavy atom. The summed E-state index contributed by atoms with van der Waals surface area (Å²) in [5.74, 6) is 0. The van der Waals surface area contributed by atoms with E-state index in [4.69, 9.17) is 10.5 Å². The molecule has 0 aliphatic heterocycles. The fourth-order valence-electron chi connectivity index (χ4n) is 1.42. The van der Waals surface area contributed by atoms with Crippen LogP contribution in [0.5, 0.6) is 0 Å². The Hall–Kier alpha value is -1.55. The van der Waals surface area contributed by atoms with Crippen molar-refractivity contribution in [3.05, 3.63) is 34.4 Å². The van der Waals surface area contributed by atoms with Crippen LogP contribution in [0.1, 0.15) is 0 Å². The lowest BCUT2D eigenvalue weighted by atomic mass is 10.3. The molecule has 1 aromatic rings. The van der Waals surface area contributed by atoms with E-state index >= 15 is 0 Å². The molecule has 0 fully saturated rings. The van der Waals surface area contributed by atoms with E-state index in [2.05, 4.69) is 0 Å². The lowest BCUT2D eigenvalue weighted by molar-refractivity contribution is -0.384. The van der Waals surface area contributed by atoms with Crippen molar-refractivity contribution in [3.8, 4) is 0 Å². The number of hydrogen-bond donors (Lipinski definition) is 1. The molecule has 2 N–H and O–H groups in total. The highest BCUT2D eigenvalue weighted by atomic mass is 32.2. The molecule has 0 unspecified atom stereocenters. The molecule has 0 aliphatic carbocycles. The number of benzene rings is 1. The zero-order valence-corrected chi connectivity index (χ0v) is 11.9. The Kier molecular flexibility index (Phi) is 6.02. The molecule has 0 aromatic heterocycles. The van der Waals surface area contributed by atoms with Crippen molar-refractivity contribution >= 4 is 15.7 Å². The van der Waals surface area contributed by atoms with E-state index in [0.717, 1.165) is 16.4 Å². The van der Waals surface area contributed by atoms with Crippen LogP contribution < -0.4 is 5.73 Å². The molecule has 20 heavy (non-hydrogen) atoms. The van der Waals surface area contributed by atoms with Crippen molar-refractivity contribution in [2.24, 2.45) is 5.73 Å². The minimum atomic E-state index is -3.67. The number of nitrogens with zero attached hydrogens (tertiary/aromatic N) is 2. The largest absolute Gasteiger partial charge is 0.379 e. The molecule has 0 spiro atoms. The maximum atomic E-state index is 12.2. The van der Waals surface area contributed by atoms with E-state index < -0.39 is 14.9 Å². The Balaban J connectivity index is 2.74. The molecule has 0 amide bonds. The first-order valence-corrected chi connectivity index (χ1v) is 7.32. The lowest BCUT2D eigenvalue weighted by Gasteiger charge is -2.17. The molecular formula is C11H17N3O5S. The molecule has 0 heterocycles. The standard InChI is InChI=1S/C11H17N3O5S/c1-13(7-9-19-8-6-12)20(17,18)11-4-2-10(3-5-11)14(15)16/h2-5H,6-9,12H2,1H3. The van der Waals surface area contributed by atoms with Crippen molar-refractivity contribution in [3.63, 3.8) is 0 Å². The summed E-state index contributed by atoms with van der Waals surface area (Å²) in [7, 11) is -2.25. The second kappa shape index (κ2) is 7.29. The maximum Gasteiger partial charge on any atom is 0.269 e. The molecule has 0 radical (unpaired) electrons. The first-order chi connectivity index (χ1) is 9.39. The second-order valence-electron chi connectivity index (χ2n) is 3.98. The number of rotatable bonds is 8. The van der Waals surface area contributed by atoms with E-state index in [-0.39, 0.29) is 23.7 Å². The number of ether oxygens (including phenoxy) is 1. The Bertz CT molecular complexity index is 544. The van der Waals surface area contributed by atoms with Gasteiger partial charge in [0.05, 0.1) is 23.0 Å². The van der Waals surface area contributed by atoms with Gasteiger partial charge in [0.15, 0.2) is 0 Å². The van der Waals surface area contributed by atoms with Gasteiger partial charge < -0.3 is 10.5 Å². The third-order valence-electron chi connectivity index (χ3n) is 2.57. The first kappa shape index (κ1) is 16.5. The minimum absolute atomic E-state index is 0.00410. The monoisotopic (exact) mass is 303 g/mol. The molecular weight excluding hydrogens is 286 g/mol. The highest BCUT2D eigenvalue weighted by molar-refractivity contribution is 7.89. The van der Waals surface area contributed by atoms with Gasteiger partial charge in [-0.3, -0.25) is 10.1 Å². The first-order valence-electron chi connectivity index (χ1n) is 5.88. The molecule has 0 saturated carbocycles. The number of hydrogen-bond acceptors (Lipinski definition) is 6. The number of nitro benzene ring substituents is 1. The highest BCUT2D eigenvalue weighted by Gasteiger charge is 2.21. The number of nitrogens with two attached hydrogens (primary N) is 1. The van der Waals surface area contributed by atoms with Crippen LogP contribution in [0, 0.1) is 10.1 Å². The molecule has 0 aliphatic rings.